The maximum absolute atomic E-state index is 13.5. The number of carboxylic acid groups (broad SMARTS) is 1. The molecule has 0 atom stereocenters. The van der Waals surface area contributed by atoms with Gasteiger partial charge in [-0.25, -0.2) is 4.98 Å². The number of hydrogen-bond acceptors (Lipinski definition) is 6. The number of anilines is 1. The van der Waals surface area contributed by atoms with Gasteiger partial charge in [-0.3, -0.25) is 9.59 Å². The van der Waals surface area contributed by atoms with Gasteiger partial charge in [-0.15, -0.1) is 0 Å². The van der Waals surface area contributed by atoms with Crippen LogP contribution < -0.4 is 45.3 Å². The summed E-state index contributed by atoms with van der Waals surface area (Å²) in [4.78, 5) is 39.4. The fraction of sp³-hybridized carbons (Fsp3) is 0.357. The van der Waals surface area contributed by atoms with Gasteiger partial charge in [0.15, 0.2) is 5.69 Å². The Morgan fingerprint density at radius 1 is 1.02 bits per heavy atom. The van der Waals surface area contributed by atoms with Crippen LogP contribution in [0.5, 0.6) is 0 Å². The number of halogens is 4. The number of carboxylic acids is 1. The molecule has 1 aliphatic carbocycles. The first kappa shape index (κ1) is 32.7. The molecule has 0 unspecified atom stereocenters. The van der Waals surface area contributed by atoms with E-state index in [1.165, 1.54) is 18.2 Å². The summed E-state index contributed by atoms with van der Waals surface area (Å²) in [5.74, 6) is -4.14. The van der Waals surface area contributed by atoms with Crippen LogP contribution in [0.2, 0.25) is 5.02 Å². The van der Waals surface area contributed by atoms with Crippen molar-refractivity contribution in [2.24, 2.45) is 5.92 Å². The van der Waals surface area contributed by atoms with Gasteiger partial charge < -0.3 is 25.0 Å². The first-order valence-corrected chi connectivity index (χ1v) is 13.1. The average Bonchev–Trinajstić information content (AvgIpc) is 3.36. The number of amides is 2. The molecular formula is C28H26ClF3N3NaO5. The number of carbonyl (C=O) groups is 3. The molecule has 1 saturated carbocycles. The third kappa shape index (κ3) is 8.81. The summed E-state index contributed by atoms with van der Waals surface area (Å²) >= 11 is 6.02. The monoisotopic (exact) mass is 599 g/mol. The Kier molecular flexibility index (Phi) is 11.4. The Morgan fingerprint density at radius 2 is 1.68 bits per heavy atom. The van der Waals surface area contributed by atoms with E-state index in [4.69, 9.17) is 16.0 Å². The summed E-state index contributed by atoms with van der Waals surface area (Å²) in [5, 5.41) is 15.9. The minimum absolute atomic E-state index is 0. The van der Waals surface area contributed by atoms with Gasteiger partial charge in [0.2, 0.25) is 17.6 Å². The molecule has 0 saturated heterocycles. The molecule has 0 aliphatic heterocycles. The molecule has 8 nitrogen and oxygen atoms in total. The number of nitrogens with one attached hydrogen (secondary N) is 2. The van der Waals surface area contributed by atoms with Crippen molar-refractivity contribution < 1.29 is 66.6 Å². The number of aliphatic carboxylic acids is 1. The van der Waals surface area contributed by atoms with Gasteiger partial charge in [0.05, 0.1) is 10.6 Å². The van der Waals surface area contributed by atoms with Crippen molar-refractivity contribution in [1.29, 1.82) is 0 Å². The number of rotatable bonds is 9. The van der Waals surface area contributed by atoms with Crippen molar-refractivity contribution in [2.75, 3.05) is 11.9 Å². The Hall–Kier alpha value is -2.86. The van der Waals surface area contributed by atoms with E-state index in [2.05, 4.69) is 15.6 Å². The summed E-state index contributed by atoms with van der Waals surface area (Å²) in [7, 11) is 0. The largest absolute Gasteiger partial charge is 1.00 e. The molecule has 1 heterocycles. The average molecular weight is 600 g/mol. The van der Waals surface area contributed by atoms with Gasteiger partial charge in [-0.2, -0.15) is 13.2 Å². The van der Waals surface area contributed by atoms with E-state index < -0.39 is 41.3 Å². The van der Waals surface area contributed by atoms with Crippen LogP contribution in [0, 0.1) is 5.92 Å². The molecule has 1 aliphatic rings. The van der Waals surface area contributed by atoms with E-state index in [0.717, 1.165) is 31.2 Å². The van der Waals surface area contributed by atoms with Gasteiger partial charge in [-0.1, -0.05) is 35.9 Å². The van der Waals surface area contributed by atoms with Crippen LogP contribution in [-0.4, -0.2) is 29.3 Å². The SMILES string of the molecule is O=C([O-])CC1CCC(c2ccc(NC(=O)CCNC(=O)c3nc(-c4ccccc4Cl)oc3C(F)(F)F)cc2)CC1.[Na+]. The topological polar surface area (TPSA) is 124 Å². The first-order chi connectivity index (χ1) is 19.0. The van der Waals surface area contributed by atoms with E-state index in [1.54, 1.807) is 18.2 Å². The van der Waals surface area contributed by atoms with E-state index >= 15 is 0 Å². The third-order valence-corrected chi connectivity index (χ3v) is 7.14. The number of benzene rings is 2. The predicted octanol–water partition coefficient (Wildman–Crippen LogP) is 2.19. The summed E-state index contributed by atoms with van der Waals surface area (Å²) in [6.07, 6.45) is -1.67. The molecular weight excluding hydrogens is 574 g/mol. The van der Waals surface area contributed by atoms with Gasteiger partial charge in [0.25, 0.3) is 5.91 Å². The van der Waals surface area contributed by atoms with Gasteiger partial charge in [-0.05, 0) is 73.8 Å². The maximum atomic E-state index is 13.5. The standard InChI is InChI=1S/C28H27ClF3N3O5.Na/c29-21-4-2-1-3-20(21)27-35-24(25(40-27)28(30,31)32)26(39)33-14-13-22(36)34-19-11-9-18(10-12-19)17-7-5-16(6-8-17)15-23(37)38;/h1-4,9-12,16-17H,5-8,13-15H2,(H,33,39)(H,34,36)(H,37,38);/q;+1/p-1. The molecule has 0 radical (unpaired) electrons. The second kappa shape index (κ2) is 14.4. The molecule has 0 spiro atoms. The molecule has 2 amide bonds. The zero-order valence-electron chi connectivity index (χ0n) is 22.2. The van der Waals surface area contributed by atoms with Crippen LogP contribution in [0.4, 0.5) is 18.9 Å². The Bertz CT molecular complexity index is 1370. The second-order valence-corrected chi connectivity index (χ2v) is 10.1. The molecule has 3 aromatic rings. The first-order valence-electron chi connectivity index (χ1n) is 12.7. The molecule has 0 bridgehead atoms. The van der Waals surface area contributed by atoms with Crippen LogP contribution >= 0.6 is 11.6 Å². The van der Waals surface area contributed by atoms with Crippen LogP contribution in [-0.2, 0) is 15.8 Å². The van der Waals surface area contributed by atoms with Crippen molar-refractivity contribution in [3.8, 4) is 11.5 Å². The Morgan fingerprint density at radius 3 is 2.29 bits per heavy atom. The van der Waals surface area contributed by atoms with E-state index in [1.807, 2.05) is 12.1 Å². The fourth-order valence-corrected chi connectivity index (χ4v) is 5.00. The molecule has 1 fully saturated rings. The van der Waals surface area contributed by atoms with Crippen LogP contribution in [0.3, 0.4) is 0 Å². The predicted molar refractivity (Wildman–Crippen MR) is 138 cm³/mol. The van der Waals surface area contributed by atoms with Gasteiger partial charge in [0.1, 0.15) is 0 Å². The van der Waals surface area contributed by atoms with Gasteiger partial charge >= 0.3 is 35.7 Å². The molecule has 41 heavy (non-hydrogen) atoms. The zero-order valence-corrected chi connectivity index (χ0v) is 25.0. The summed E-state index contributed by atoms with van der Waals surface area (Å²) in [6, 6.07) is 13.3. The number of carbonyl (C=O) groups excluding carboxylic acids is 3. The summed E-state index contributed by atoms with van der Waals surface area (Å²) in [5.41, 5.74) is 0.780. The van der Waals surface area contributed by atoms with Crippen LogP contribution in [0.1, 0.15) is 66.3 Å². The molecule has 2 aromatic carbocycles. The maximum Gasteiger partial charge on any atom is 1.00 e. The van der Waals surface area contributed by atoms with Crippen molar-refractivity contribution in [2.45, 2.75) is 50.6 Å². The summed E-state index contributed by atoms with van der Waals surface area (Å²) < 4.78 is 45.4. The third-order valence-electron chi connectivity index (χ3n) is 6.81. The van der Waals surface area contributed by atoms with Crippen molar-refractivity contribution in [3.63, 3.8) is 0 Å². The van der Waals surface area contributed by atoms with E-state index in [-0.39, 0.29) is 65.4 Å². The number of alkyl halides is 3. The number of aromatic nitrogens is 1. The number of hydrogen-bond donors (Lipinski definition) is 2. The Labute approximate surface area is 261 Å². The normalized spacial score (nSPS) is 16.9. The molecule has 13 heteroatoms. The molecule has 4 rings (SSSR count). The van der Waals surface area contributed by atoms with Crippen LogP contribution in [0.15, 0.2) is 52.9 Å². The zero-order chi connectivity index (χ0) is 28.9. The minimum atomic E-state index is -4.97. The van der Waals surface area contributed by atoms with Crippen molar-refractivity contribution in [3.05, 3.63) is 70.6 Å². The quantitative estimate of drug-likeness (QED) is 0.364. The van der Waals surface area contributed by atoms with E-state index in [9.17, 15) is 32.7 Å². The molecule has 1 aromatic heterocycles. The smallest absolute Gasteiger partial charge is 0.550 e. The fourth-order valence-electron chi connectivity index (χ4n) is 4.79. The van der Waals surface area contributed by atoms with Crippen LogP contribution in [0.25, 0.3) is 11.5 Å². The number of oxazole rings is 1. The molecule has 212 valence electrons. The van der Waals surface area contributed by atoms with Crippen molar-refractivity contribution in [1.82, 2.24) is 10.3 Å². The Balaban J connectivity index is 0.00000462. The summed E-state index contributed by atoms with van der Waals surface area (Å²) in [6.45, 7) is -0.233. The van der Waals surface area contributed by atoms with E-state index in [0.29, 0.717) is 11.6 Å². The van der Waals surface area contributed by atoms with Crippen molar-refractivity contribution >= 4 is 35.1 Å². The molecule has 2 N–H and O–H groups in total. The van der Waals surface area contributed by atoms with Gasteiger partial charge in [0, 0.05) is 24.6 Å². The minimum Gasteiger partial charge on any atom is -0.550 e. The number of nitrogens with zero attached hydrogens (tertiary/aromatic N) is 1. The second-order valence-electron chi connectivity index (χ2n) is 9.64.